The van der Waals surface area contributed by atoms with E-state index in [0.717, 1.165) is 13.8 Å². The largest absolute Gasteiger partial charge is 0.455 e. The molecule has 0 radical (unpaired) electrons. The van der Waals surface area contributed by atoms with Crippen LogP contribution >= 0.6 is 44.5 Å². The Kier molecular flexibility index (Phi) is 5.26. The Bertz CT molecular complexity index is 1270. The molecule has 2 heterocycles. The van der Waals surface area contributed by atoms with Gasteiger partial charge in [-0.05, 0) is 74.3 Å². The van der Waals surface area contributed by atoms with E-state index >= 15 is 0 Å². The third kappa shape index (κ3) is 3.59. The van der Waals surface area contributed by atoms with Gasteiger partial charge < -0.3 is 9.72 Å². The molecule has 0 saturated carbocycles. The number of halogens is 2. The number of aromatic nitrogens is 2. The van der Waals surface area contributed by atoms with E-state index in [0.29, 0.717) is 22.4 Å². The van der Waals surface area contributed by atoms with Crippen molar-refractivity contribution in [2.75, 3.05) is 0 Å². The predicted molar refractivity (Wildman–Crippen MR) is 117 cm³/mol. The number of hydrogen-bond acceptors (Lipinski definition) is 5. The molecule has 142 valence electrons. The average molecular weight is 540 g/mol. The summed E-state index contributed by atoms with van der Waals surface area (Å²) in [6, 6.07) is 11.8. The Morgan fingerprint density at radius 1 is 1.00 bits per heavy atom. The molecule has 1 N–H and O–H groups in total. The van der Waals surface area contributed by atoms with Crippen LogP contribution in [-0.2, 0) is 9.84 Å². The number of rotatable bonds is 4. The number of fused-ring (bicyclic) bond motifs is 1. The minimum atomic E-state index is -3.69. The summed E-state index contributed by atoms with van der Waals surface area (Å²) in [6.45, 7) is 0. The predicted octanol–water partition coefficient (Wildman–Crippen LogP) is 6.00. The van der Waals surface area contributed by atoms with E-state index in [1.165, 1.54) is 30.7 Å². The summed E-state index contributed by atoms with van der Waals surface area (Å²) in [5, 5.41) is 0.548. The first-order valence-electron chi connectivity index (χ1n) is 7.98. The van der Waals surface area contributed by atoms with Crippen molar-refractivity contribution < 1.29 is 13.2 Å². The lowest BCUT2D eigenvalue weighted by atomic mass is 10.2. The fourth-order valence-electron chi connectivity index (χ4n) is 2.77. The van der Waals surface area contributed by atoms with Gasteiger partial charge in [-0.25, -0.2) is 8.42 Å². The van der Waals surface area contributed by atoms with E-state index in [1.54, 1.807) is 18.2 Å². The third-order valence-corrected chi connectivity index (χ3v) is 7.31. The molecule has 5 nitrogen and oxygen atoms in total. The lowest BCUT2D eigenvalue weighted by molar-refractivity contribution is 0.476. The van der Waals surface area contributed by atoms with Gasteiger partial charge in [-0.3, -0.25) is 4.98 Å². The number of nitrogens with zero attached hydrogens (tertiary/aromatic N) is 1. The van der Waals surface area contributed by atoms with Crippen LogP contribution in [0.25, 0.3) is 10.9 Å². The van der Waals surface area contributed by atoms with E-state index in [2.05, 4.69) is 54.5 Å². The molecular formula is C19H12Br2N2O3S2. The van der Waals surface area contributed by atoms with Gasteiger partial charge >= 0.3 is 0 Å². The van der Waals surface area contributed by atoms with E-state index < -0.39 is 9.84 Å². The first kappa shape index (κ1) is 19.5. The van der Waals surface area contributed by atoms with Crippen LogP contribution in [0.3, 0.4) is 0 Å². The fraction of sp³-hybridized carbons (Fsp3) is 0. The second-order valence-electron chi connectivity index (χ2n) is 5.89. The van der Waals surface area contributed by atoms with E-state index in [-0.39, 0.29) is 9.79 Å². The zero-order chi connectivity index (χ0) is 19.9. The first-order chi connectivity index (χ1) is 13.4. The summed E-state index contributed by atoms with van der Waals surface area (Å²) in [5.74, 6) is 1.08. The topological polar surface area (TPSA) is 72.0 Å². The molecule has 0 atom stereocenters. The van der Waals surface area contributed by atoms with Gasteiger partial charge in [0, 0.05) is 34.4 Å². The monoisotopic (exact) mass is 538 g/mol. The summed E-state index contributed by atoms with van der Waals surface area (Å²) in [6.07, 6.45) is 4.40. The zero-order valence-corrected chi connectivity index (χ0v) is 18.9. The van der Waals surface area contributed by atoms with Crippen LogP contribution in [0.2, 0.25) is 0 Å². The molecule has 9 heteroatoms. The number of aromatic amines is 1. The van der Waals surface area contributed by atoms with E-state index in [9.17, 15) is 8.42 Å². The van der Waals surface area contributed by atoms with Gasteiger partial charge in [0.05, 0.1) is 18.7 Å². The van der Waals surface area contributed by atoms with Crippen LogP contribution in [0.15, 0.2) is 84.7 Å². The molecule has 0 saturated heterocycles. The summed E-state index contributed by atoms with van der Waals surface area (Å²) >= 11 is 11.3. The summed E-state index contributed by atoms with van der Waals surface area (Å²) < 4.78 is 33.5. The van der Waals surface area contributed by atoms with Gasteiger partial charge in [0.25, 0.3) is 0 Å². The minimum absolute atomic E-state index is 0.183. The van der Waals surface area contributed by atoms with Crippen molar-refractivity contribution in [3.05, 3.63) is 70.0 Å². The molecule has 0 spiro atoms. The normalized spacial score (nSPS) is 11.7. The molecule has 0 aliphatic heterocycles. The molecule has 28 heavy (non-hydrogen) atoms. The highest BCUT2D eigenvalue weighted by Gasteiger charge is 2.22. The molecule has 0 fully saturated rings. The van der Waals surface area contributed by atoms with Crippen LogP contribution in [0.4, 0.5) is 0 Å². The minimum Gasteiger partial charge on any atom is -0.455 e. The van der Waals surface area contributed by atoms with Crippen molar-refractivity contribution >= 4 is 65.2 Å². The summed E-state index contributed by atoms with van der Waals surface area (Å²) in [4.78, 5) is 8.03. The van der Waals surface area contributed by atoms with Crippen LogP contribution < -0.4 is 4.74 Å². The Hall–Kier alpha value is -1.81. The van der Waals surface area contributed by atoms with E-state index in [4.69, 9.17) is 4.74 Å². The van der Waals surface area contributed by atoms with Crippen molar-refractivity contribution in [2.45, 2.75) is 14.7 Å². The van der Waals surface area contributed by atoms with Crippen LogP contribution in [0.5, 0.6) is 11.5 Å². The quantitative estimate of drug-likeness (QED) is 0.312. The number of ether oxygens (including phenoxy) is 1. The molecule has 0 aliphatic carbocycles. The molecule has 0 unspecified atom stereocenters. The Morgan fingerprint density at radius 3 is 2.36 bits per heavy atom. The van der Waals surface area contributed by atoms with Crippen LogP contribution in [0, 0.1) is 0 Å². The Labute approximate surface area is 183 Å². The second kappa shape index (κ2) is 7.55. The maximum atomic E-state index is 13.0. The van der Waals surface area contributed by atoms with Crippen molar-refractivity contribution in [1.29, 1.82) is 0 Å². The smallest absolute Gasteiger partial charge is 0.208 e. The molecule has 2 aromatic heterocycles. The Balaban J connectivity index is 1.80. The van der Waals surface area contributed by atoms with Gasteiger partial charge in [-0.2, -0.15) is 0 Å². The van der Waals surface area contributed by atoms with Crippen molar-refractivity contribution in [2.24, 2.45) is 0 Å². The third-order valence-electron chi connectivity index (χ3n) is 4.07. The number of H-pyrrole nitrogens is 1. The van der Waals surface area contributed by atoms with Gasteiger partial charge in [0.15, 0.2) is 5.75 Å². The number of pyridine rings is 1. The highest BCUT2D eigenvalue weighted by atomic mass is 79.9. The maximum Gasteiger partial charge on any atom is 0.208 e. The van der Waals surface area contributed by atoms with Gasteiger partial charge in [-0.1, -0.05) is 0 Å². The van der Waals surface area contributed by atoms with Crippen molar-refractivity contribution in [3.63, 3.8) is 0 Å². The molecule has 4 aromatic rings. The lowest BCUT2D eigenvalue weighted by Crippen LogP contribution is -2.01. The highest BCUT2D eigenvalue weighted by Crippen LogP contribution is 2.40. The van der Waals surface area contributed by atoms with Crippen LogP contribution in [0.1, 0.15) is 0 Å². The SMILES string of the molecule is O=S(=O)(c1ccncc1)c1c[nH]c2ccc(Oc3c(Br)cc(S)cc3Br)cc12. The zero-order valence-electron chi connectivity index (χ0n) is 14.1. The molecule has 2 aromatic carbocycles. The molecule has 0 bridgehead atoms. The number of thiol groups is 1. The van der Waals surface area contributed by atoms with Gasteiger partial charge in [0.2, 0.25) is 9.84 Å². The highest BCUT2D eigenvalue weighted by molar-refractivity contribution is 9.11. The standard InChI is InChI=1S/C19H12Br2N2O3S2/c20-15-8-12(27)9-16(21)19(15)26-11-1-2-17-14(7-11)18(10-23-17)28(24,25)13-3-5-22-6-4-13/h1-10,23,27H. The fourth-order valence-corrected chi connectivity index (χ4v) is 6.13. The Morgan fingerprint density at radius 2 is 1.68 bits per heavy atom. The van der Waals surface area contributed by atoms with Crippen molar-refractivity contribution in [1.82, 2.24) is 9.97 Å². The second-order valence-corrected chi connectivity index (χ2v) is 10.0. The number of sulfone groups is 1. The lowest BCUT2D eigenvalue weighted by Gasteiger charge is -2.11. The molecule has 0 aliphatic rings. The van der Waals surface area contributed by atoms with Crippen molar-refractivity contribution in [3.8, 4) is 11.5 Å². The number of nitrogens with one attached hydrogen (secondary N) is 1. The summed E-state index contributed by atoms with van der Waals surface area (Å²) in [5.41, 5.74) is 0.698. The van der Waals surface area contributed by atoms with Gasteiger partial charge in [-0.15, -0.1) is 12.6 Å². The molecule has 0 amide bonds. The first-order valence-corrected chi connectivity index (χ1v) is 11.5. The molecular weight excluding hydrogens is 528 g/mol. The maximum absolute atomic E-state index is 13.0. The summed E-state index contributed by atoms with van der Waals surface area (Å²) in [7, 11) is -3.69. The average Bonchev–Trinajstić information content (AvgIpc) is 3.09. The number of hydrogen-bond donors (Lipinski definition) is 2. The van der Waals surface area contributed by atoms with Crippen LogP contribution in [-0.4, -0.2) is 18.4 Å². The van der Waals surface area contributed by atoms with E-state index in [1.807, 2.05) is 12.1 Å². The number of benzene rings is 2. The van der Waals surface area contributed by atoms with Gasteiger partial charge in [0.1, 0.15) is 5.75 Å². The molecule has 4 rings (SSSR count).